The first-order chi connectivity index (χ1) is 5.77. The lowest BCUT2D eigenvalue weighted by Crippen LogP contribution is -2.84. The minimum absolute atomic E-state index is 0.883. The van der Waals surface area contributed by atoms with Crippen molar-refractivity contribution < 1.29 is 5.32 Å². The minimum atomic E-state index is 0.883. The molecule has 0 rings (SSSR count). The van der Waals surface area contributed by atoms with Gasteiger partial charge in [-0.3, -0.25) is 0 Å². The lowest BCUT2D eigenvalue weighted by atomic mass is 10.1. The number of hydrogen-bond acceptors (Lipinski definition) is 0. The molecule has 2 N–H and O–H groups in total. The Morgan fingerprint density at radius 2 is 1.67 bits per heavy atom. The Morgan fingerprint density at radius 1 is 1.00 bits per heavy atom. The molecule has 0 radical (unpaired) electrons. The molecule has 0 spiro atoms. The van der Waals surface area contributed by atoms with Gasteiger partial charge in [0.15, 0.2) is 0 Å². The molecular formula is C11H26N+. The summed E-state index contributed by atoms with van der Waals surface area (Å²) in [6, 6.07) is 0. The fourth-order valence-corrected chi connectivity index (χ4v) is 1.35. The summed E-state index contributed by atoms with van der Waals surface area (Å²) in [5.41, 5.74) is 0. The molecule has 0 aromatic rings. The predicted octanol–water partition coefficient (Wildman–Crippen LogP) is 2.18. The van der Waals surface area contributed by atoms with Gasteiger partial charge in [0, 0.05) is 0 Å². The molecule has 0 unspecified atom stereocenters. The Balaban J connectivity index is 2.82. The molecule has 74 valence electrons. The highest BCUT2D eigenvalue weighted by atomic mass is 14.8. The fourth-order valence-electron chi connectivity index (χ4n) is 1.35. The van der Waals surface area contributed by atoms with E-state index in [0.29, 0.717) is 0 Å². The first-order valence-electron chi connectivity index (χ1n) is 5.59. The SMILES string of the molecule is CCCCC[NH2+]CCCC(C)C. The average molecular weight is 172 g/mol. The molecule has 0 aliphatic rings. The van der Waals surface area contributed by atoms with E-state index in [1.165, 1.54) is 45.2 Å². The molecule has 0 aromatic carbocycles. The summed E-state index contributed by atoms with van der Waals surface area (Å²) in [6.07, 6.45) is 6.94. The van der Waals surface area contributed by atoms with Crippen LogP contribution in [-0.2, 0) is 0 Å². The molecule has 0 aliphatic heterocycles. The number of unbranched alkanes of at least 4 members (excludes halogenated alkanes) is 2. The average Bonchev–Trinajstić information content (AvgIpc) is 2.02. The molecule has 0 saturated heterocycles. The summed E-state index contributed by atoms with van der Waals surface area (Å²) in [4.78, 5) is 0. The monoisotopic (exact) mass is 172 g/mol. The van der Waals surface area contributed by atoms with E-state index in [4.69, 9.17) is 0 Å². The van der Waals surface area contributed by atoms with E-state index in [1.54, 1.807) is 0 Å². The van der Waals surface area contributed by atoms with Gasteiger partial charge in [-0.15, -0.1) is 0 Å². The first kappa shape index (κ1) is 12.0. The molecule has 0 fully saturated rings. The van der Waals surface area contributed by atoms with Crippen molar-refractivity contribution in [3.8, 4) is 0 Å². The summed E-state index contributed by atoms with van der Waals surface area (Å²) < 4.78 is 0. The first-order valence-corrected chi connectivity index (χ1v) is 5.59. The quantitative estimate of drug-likeness (QED) is 0.540. The van der Waals surface area contributed by atoms with Crippen LogP contribution in [-0.4, -0.2) is 13.1 Å². The summed E-state index contributed by atoms with van der Waals surface area (Å²) in [5.74, 6) is 0.883. The van der Waals surface area contributed by atoms with Crippen LogP contribution in [0.4, 0.5) is 0 Å². The van der Waals surface area contributed by atoms with Crippen molar-refractivity contribution in [1.29, 1.82) is 0 Å². The largest absolute Gasteiger partial charge is 0.346 e. The highest BCUT2D eigenvalue weighted by Crippen LogP contribution is 2.00. The van der Waals surface area contributed by atoms with Crippen LogP contribution in [0, 0.1) is 5.92 Å². The van der Waals surface area contributed by atoms with Gasteiger partial charge in [-0.25, -0.2) is 0 Å². The van der Waals surface area contributed by atoms with E-state index in [1.807, 2.05) is 0 Å². The smallest absolute Gasteiger partial charge is 0.0755 e. The number of rotatable bonds is 8. The van der Waals surface area contributed by atoms with Crippen molar-refractivity contribution in [3.05, 3.63) is 0 Å². The normalized spacial score (nSPS) is 11.0. The molecule has 0 amide bonds. The second-order valence-corrected chi connectivity index (χ2v) is 4.11. The Hall–Kier alpha value is -0.0400. The molecule has 0 atom stereocenters. The Morgan fingerprint density at radius 3 is 2.25 bits per heavy atom. The molecule has 0 bridgehead atoms. The second-order valence-electron chi connectivity index (χ2n) is 4.11. The van der Waals surface area contributed by atoms with Gasteiger partial charge in [-0.2, -0.15) is 0 Å². The molecule has 0 heterocycles. The summed E-state index contributed by atoms with van der Waals surface area (Å²) >= 11 is 0. The molecule has 1 nitrogen and oxygen atoms in total. The zero-order valence-electron chi connectivity index (χ0n) is 9.10. The predicted molar refractivity (Wildman–Crippen MR) is 55.3 cm³/mol. The zero-order chi connectivity index (χ0) is 9.23. The second kappa shape index (κ2) is 9.05. The minimum Gasteiger partial charge on any atom is -0.346 e. The van der Waals surface area contributed by atoms with Crippen molar-refractivity contribution >= 4 is 0 Å². The van der Waals surface area contributed by atoms with Crippen LogP contribution in [0.15, 0.2) is 0 Å². The van der Waals surface area contributed by atoms with Gasteiger partial charge in [0.25, 0.3) is 0 Å². The third-order valence-corrected chi connectivity index (χ3v) is 2.20. The van der Waals surface area contributed by atoms with Crippen molar-refractivity contribution in [2.45, 2.75) is 52.9 Å². The van der Waals surface area contributed by atoms with Crippen molar-refractivity contribution in [1.82, 2.24) is 0 Å². The van der Waals surface area contributed by atoms with E-state index in [9.17, 15) is 0 Å². The standard InChI is InChI=1S/C11H25N/c1-4-5-6-9-12-10-7-8-11(2)3/h11-12H,4-10H2,1-3H3/p+1. The number of nitrogens with two attached hydrogens (primary N) is 1. The highest BCUT2D eigenvalue weighted by Gasteiger charge is 1.95. The van der Waals surface area contributed by atoms with Gasteiger partial charge in [0.1, 0.15) is 0 Å². The maximum Gasteiger partial charge on any atom is 0.0755 e. The summed E-state index contributed by atoms with van der Waals surface area (Å²) in [6.45, 7) is 9.54. The molecule has 0 saturated carbocycles. The van der Waals surface area contributed by atoms with Crippen molar-refractivity contribution in [2.75, 3.05) is 13.1 Å². The summed E-state index contributed by atoms with van der Waals surface area (Å²) in [5, 5.41) is 2.47. The van der Waals surface area contributed by atoms with E-state index in [-0.39, 0.29) is 0 Å². The zero-order valence-corrected chi connectivity index (χ0v) is 9.10. The topological polar surface area (TPSA) is 16.6 Å². The van der Waals surface area contributed by atoms with E-state index < -0.39 is 0 Å². The number of quaternary nitrogens is 1. The van der Waals surface area contributed by atoms with E-state index >= 15 is 0 Å². The lowest BCUT2D eigenvalue weighted by Gasteiger charge is -2.03. The summed E-state index contributed by atoms with van der Waals surface area (Å²) in [7, 11) is 0. The molecule has 12 heavy (non-hydrogen) atoms. The fraction of sp³-hybridized carbons (Fsp3) is 1.00. The van der Waals surface area contributed by atoms with Crippen LogP contribution in [0.3, 0.4) is 0 Å². The molecule has 1 heteroatoms. The van der Waals surface area contributed by atoms with Gasteiger partial charge in [-0.05, 0) is 31.6 Å². The molecule has 0 aromatic heterocycles. The van der Waals surface area contributed by atoms with Crippen LogP contribution in [0.5, 0.6) is 0 Å². The van der Waals surface area contributed by atoms with Gasteiger partial charge < -0.3 is 5.32 Å². The third kappa shape index (κ3) is 9.96. The van der Waals surface area contributed by atoms with Crippen molar-refractivity contribution in [2.24, 2.45) is 5.92 Å². The van der Waals surface area contributed by atoms with Gasteiger partial charge in [0.2, 0.25) is 0 Å². The van der Waals surface area contributed by atoms with Crippen LogP contribution in [0.1, 0.15) is 52.9 Å². The Kier molecular flexibility index (Phi) is 9.02. The van der Waals surface area contributed by atoms with Crippen LogP contribution in [0.25, 0.3) is 0 Å². The number of hydrogen-bond donors (Lipinski definition) is 1. The third-order valence-electron chi connectivity index (χ3n) is 2.20. The van der Waals surface area contributed by atoms with Crippen LogP contribution >= 0.6 is 0 Å². The van der Waals surface area contributed by atoms with Crippen molar-refractivity contribution in [3.63, 3.8) is 0 Å². The Labute approximate surface area is 77.9 Å². The van der Waals surface area contributed by atoms with Gasteiger partial charge in [0.05, 0.1) is 13.1 Å². The van der Waals surface area contributed by atoms with Gasteiger partial charge >= 0.3 is 0 Å². The molecular weight excluding hydrogens is 146 g/mol. The maximum absolute atomic E-state index is 2.47. The van der Waals surface area contributed by atoms with Crippen LogP contribution in [0.2, 0.25) is 0 Å². The van der Waals surface area contributed by atoms with E-state index in [0.717, 1.165) is 5.92 Å². The van der Waals surface area contributed by atoms with E-state index in [2.05, 4.69) is 26.1 Å². The van der Waals surface area contributed by atoms with Gasteiger partial charge in [-0.1, -0.05) is 27.2 Å². The maximum atomic E-state index is 2.47. The van der Waals surface area contributed by atoms with Crippen LogP contribution < -0.4 is 5.32 Å². The highest BCUT2D eigenvalue weighted by molar-refractivity contribution is 4.42. The Bertz CT molecular complexity index is 79.1. The lowest BCUT2D eigenvalue weighted by molar-refractivity contribution is -0.655. The molecule has 0 aliphatic carbocycles.